The highest BCUT2D eigenvalue weighted by Gasteiger charge is 2.47. The molecular weight excluding hydrogens is 826 g/mol. The quantitative estimate of drug-likeness (QED) is 0.165. The normalized spacial score (nSPS) is 13.4. The lowest BCUT2D eigenvalue weighted by molar-refractivity contribution is 0.466. The average Bonchev–Trinajstić information content (AvgIpc) is 3.33. The first-order chi connectivity index (χ1) is 33.0. The highest BCUT2D eigenvalue weighted by atomic mass is 16.5. The molecule has 0 fully saturated rings. The molecular formula is C62H50B2N2O2. The van der Waals surface area contributed by atoms with Gasteiger partial charge < -0.3 is 19.3 Å². The van der Waals surface area contributed by atoms with E-state index in [2.05, 4.69) is 223 Å². The number of aryl methyl sites for hydroxylation is 8. The Morgan fingerprint density at radius 1 is 0.324 bits per heavy atom. The van der Waals surface area contributed by atoms with E-state index >= 15 is 0 Å². The summed E-state index contributed by atoms with van der Waals surface area (Å²) in [4.78, 5) is 4.93. The number of benzene rings is 9. The lowest BCUT2D eigenvalue weighted by Crippen LogP contribution is -2.63. The minimum Gasteiger partial charge on any atom is -0.458 e. The van der Waals surface area contributed by atoms with Gasteiger partial charge in [0.05, 0.1) is 0 Å². The number of fused-ring (bicyclic) bond motifs is 8. The zero-order valence-corrected chi connectivity index (χ0v) is 39.9. The Hall–Kier alpha value is -7.69. The van der Waals surface area contributed by atoms with Gasteiger partial charge in [-0.3, -0.25) is 0 Å². The third kappa shape index (κ3) is 6.09. The second-order valence-electron chi connectivity index (χ2n) is 19.9. The molecule has 0 aliphatic carbocycles. The van der Waals surface area contributed by atoms with Crippen molar-refractivity contribution in [1.82, 2.24) is 0 Å². The molecule has 4 heterocycles. The van der Waals surface area contributed by atoms with Crippen molar-refractivity contribution in [3.05, 3.63) is 202 Å². The molecule has 0 amide bonds. The van der Waals surface area contributed by atoms with Crippen molar-refractivity contribution in [3.8, 4) is 45.3 Å². The predicted molar refractivity (Wildman–Crippen MR) is 287 cm³/mol. The summed E-state index contributed by atoms with van der Waals surface area (Å²) in [7, 11) is 0. The van der Waals surface area contributed by atoms with Crippen LogP contribution in [0.15, 0.2) is 158 Å². The molecule has 0 saturated carbocycles. The van der Waals surface area contributed by atoms with Crippen LogP contribution in [0, 0.1) is 55.4 Å². The maximum absolute atomic E-state index is 7.36. The van der Waals surface area contributed by atoms with Gasteiger partial charge >= 0.3 is 0 Å². The van der Waals surface area contributed by atoms with E-state index in [9.17, 15) is 0 Å². The fourth-order valence-electron chi connectivity index (χ4n) is 11.7. The largest absolute Gasteiger partial charge is 0.458 e. The summed E-state index contributed by atoms with van der Waals surface area (Å²) in [6, 6.07) is 59.2. The van der Waals surface area contributed by atoms with Gasteiger partial charge in [0, 0.05) is 40.2 Å². The molecule has 9 aromatic carbocycles. The van der Waals surface area contributed by atoms with Gasteiger partial charge in [-0.05, 0) is 182 Å². The number of anilines is 6. The molecule has 0 aromatic heterocycles. The Balaban J connectivity index is 1.08. The van der Waals surface area contributed by atoms with Crippen LogP contribution in [0.1, 0.15) is 44.5 Å². The monoisotopic (exact) mass is 876 g/mol. The van der Waals surface area contributed by atoms with Crippen LogP contribution in [0.3, 0.4) is 0 Å². The minimum atomic E-state index is -0.0881. The molecule has 6 heteroatoms. The molecule has 0 bridgehead atoms. The van der Waals surface area contributed by atoms with E-state index in [4.69, 9.17) is 9.47 Å². The summed E-state index contributed by atoms with van der Waals surface area (Å²) in [6.07, 6.45) is 0. The Morgan fingerprint density at radius 2 is 0.809 bits per heavy atom. The highest BCUT2D eigenvalue weighted by molar-refractivity contribution is 7.02. The maximum atomic E-state index is 7.36. The summed E-state index contributed by atoms with van der Waals surface area (Å²) >= 11 is 0. The van der Waals surface area contributed by atoms with E-state index in [-0.39, 0.29) is 13.4 Å². The molecule has 4 aliphatic heterocycles. The first kappa shape index (κ1) is 40.6. The van der Waals surface area contributed by atoms with Gasteiger partial charge in [-0.2, -0.15) is 0 Å². The molecule has 4 nitrogen and oxygen atoms in total. The number of hydrogen-bond donors (Lipinski definition) is 0. The molecule has 4 aliphatic rings. The smallest absolute Gasteiger partial charge is 0.256 e. The average molecular weight is 877 g/mol. The summed E-state index contributed by atoms with van der Waals surface area (Å²) in [5, 5.41) is 0. The molecule has 13 rings (SSSR count). The predicted octanol–water partition coefficient (Wildman–Crippen LogP) is 12.3. The van der Waals surface area contributed by atoms with Crippen LogP contribution >= 0.6 is 0 Å². The van der Waals surface area contributed by atoms with Crippen LogP contribution in [0.25, 0.3) is 22.3 Å². The van der Waals surface area contributed by atoms with Crippen molar-refractivity contribution in [2.45, 2.75) is 55.4 Å². The molecule has 0 saturated heterocycles. The number of nitrogens with zero attached hydrogens (tertiary/aromatic N) is 2. The molecule has 326 valence electrons. The highest BCUT2D eigenvalue weighted by Crippen LogP contribution is 2.47. The molecule has 68 heavy (non-hydrogen) atoms. The van der Waals surface area contributed by atoms with Crippen molar-refractivity contribution < 1.29 is 9.47 Å². The first-order valence-electron chi connectivity index (χ1n) is 24.0. The number of hydrogen-bond acceptors (Lipinski definition) is 4. The molecule has 9 aromatic rings. The maximum Gasteiger partial charge on any atom is 0.256 e. The first-order valence-corrected chi connectivity index (χ1v) is 24.0. The lowest BCUT2D eigenvalue weighted by Gasteiger charge is -2.43. The molecule has 0 unspecified atom stereocenters. The Morgan fingerprint density at radius 3 is 1.38 bits per heavy atom. The van der Waals surface area contributed by atoms with Crippen LogP contribution in [0.4, 0.5) is 34.1 Å². The van der Waals surface area contributed by atoms with Gasteiger partial charge in [0.1, 0.15) is 23.0 Å². The Labute approximate surface area is 400 Å². The molecule has 0 N–H and O–H groups in total. The Bertz CT molecular complexity index is 3630. The van der Waals surface area contributed by atoms with Gasteiger partial charge in [-0.15, -0.1) is 0 Å². The van der Waals surface area contributed by atoms with Gasteiger partial charge in [0.2, 0.25) is 0 Å². The molecule has 0 spiro atoms. The summed E-state index contributed by atoms with van der Waals surface area (Å²) in [5.41, 5.74) is 28.7. The third-order valence-electron chi connectivity index (χ3n) is 15.1. The number of rotatable bonds is 4. The van der Waals surface area contributed by atoms with Gasteiger partial charge in [0.25, 0.3) is 13.4 Å². The number of ether oxygens (including phenoxy) is 2. The van der Waals surface area contributed by atoms with Crippen molar-refractivity contribution in [1.29, 1.82) is 0 Å². The van der Waals surface area contributed by atoms with E-state index in [1.54, 1.807) is 0 Å². The summed E-state index contributed by atoms with van der Waals surface area (Å²) < 4.78 is 14.7. The minimum absolute atomic E-state index is 0.0863. The van der Waals surface area contributed by atoms with Crippen LogP contribution in [0.5, 0.6) is 23.0 Å². The van der Waals surface area contributed by atoms with Gasteiger partial charge in [-0.25, -0.2) is 0 Å². The molecule has 0 atom stereocenters. The topological polar surface area (TPSA) is 24.9 Å². The second-order valence-corrected chi connectivity index (χ2v) is 19.9. The van der Waals surface area contributed by atoms with E-state index in [0.717, 1.165) is 67.8 Å². The van der Waals surface area contributed by atoms with Crippen LogP contribution in [-0.2, 0) is 0 Å². The van der Waals surface area contributed by atoms with Crippen LogP contribution in [0.2, 0.25) is 0 Å². The zero-order chi connectivity index (χ0) is 46.3. The van der Waals surface area contributed by atoms with E-state index in [1.807, 2.05) is 0 Å². The summed E-state index contributed by atoms with van der Waals surface area (Å²) in [5.74, 6) is 3.42. The van der Waals surface area contributed by atoms with Crippen LogP contribution < -0.4 is 52.1 Å². The lowest BCUT2D eigenvalue weighted by atomic mass is 9.30. The van der Waals surface area contributed by atoms with Crippen molar-refractivity contribution in [3.63, 3.8) is 0 Å². The SMILES string of the molecule is Cc1ccc(N2c3ccc(C)cc3B3c4cc5c(cc4Oc4cc(-c6cc(C)ccc6C)cc2c43)Oc2cc(-c3cc(C)ccc3C)cc3c2B5c2c(C)cccc2N3c2ccc(C)cc2)cc1. The van der Waals surface area contributed by atoms with E-state index in [1.165, 1.54) is 88.9 Å². The van der Waals surface area contributed by atoms with Gasteiger partial charge in [-0.1, -0.05) is 124 Å². The van der Waals surface area contributed by atoms with E-state index < -0.39 is 0 Å². The van der Waals surface area contributed by atoms with Crippen molar-refractivity contribution in [2.75, 3.05) is 9.80 Å². The third-order valence-corrected chi connectivity index (χ3v) is 15.1. The van der Waals surface area contributed by atoms with Crippen molar-refractivity contribution in [2.24, 2.45) is 0 Å². The summed E-state index contributed by atoms with van der Waals surface area (Å²) in [6.45, 7) is 17.4. The fraction of sp³-hybridized carbons (Fsp3) is 0.129. The standard InChI is InChI=1S/C62H50B2N2O2/c1-35-14-21-45(22-15-35)65-52-25-18-39(5)28-49(52)63-50-33-51-57(34-56(50)67-58-31-43(29-54(65)61(58)63)47-26-37(3)12-19-40(47)6)68-59-32-44(48-27-38(4)13-20-41(48)7)30-55-62(59)64(51)60-42(8)10-9-11-53(60)66(55)46-23-16-36(2)17-24-46/h9-34H,1-8H3. The van der Waals surface area contributed by atoms with Crippen LogP contribution in [-0.4, -0.2) is 13.4 Å². The Kier molecular flexibility index (Phi) is 8.89. The second kappa shape index (κ2) is 14.9. The van der Waals surface area contributed by atoms with Gasteiger partial charge in [0.15, 0.2) is 0 Å². The molecule has 0 radical (unpaired) electrons. The van der Waals surface area contributed by atoms with Crippen molar-refractivity contribution >= 4 is 80.3 Å². The van der Waals surface area contributed by atoms with E-state index in [0.29, 0.717) is 0 Å². The fourth-order valence-corrected chi connectivity index (χ4v) is 11.7. The zero-order valence-electron chi connectivity index (χ0n) is 39.9.